The van der Waals surface area contributed by atoms with Crippen LogP contribution in [0.3, 0.4) is 0 Å². The van der Waals surface area contributed by atoms with Crippen LogP contribution in [0.5, 0.6) is 5.75 Å². The van der Waals surface area contributed by atoms with Crippen LogP contribution >= 0.6 is 0 Å². The summed E-state index contributed by atoms with van der Waals surface area (Å²) in [6.07, 6.45) is 0. The molecule has 0 spiro atoms. The molecule has 2 aromatic rings. The average Bonchev–Trinajstić information content (AvgIpc) is 2.45. The van der Waals surface area contributed by atoms with Gasteiger partial charge in [-0.15, -0.1) is 0 Å². The summed E-state index contributed by atoms with van der Waals surface area (Å²) in [6, 6.07) is 8.40. The lowest BCUT2D eigenvalue weighted by Gasteiger charge is -2.10. The molecule has 1 N–H and O–H groups in total. The Bertz CT molecular complexity index is 738. The van der Waals surface area contributed by atoms with Crippen molar-refractivity contribution in [3.63, 3.8) is 0 Å². The molecule has 6 heteroatoms. The quantitative estimate of drug-likeness (QED) is 0.938. The van der Waals surface area contributed by atoms with E-state index in [2.05, 4.69) is 0 Å². The number of aromatic carboxylic acids is 1. The zero-order valence-corrected chi connectivity index (χ0v) is 10.6. The average molecular weight is 289 g/mol. The van der Waals surface area contributed by atoms with Crippen molar-refractivity contribution in [2.24, 2.45) is 0 Å². The molecule has 4 nitrogen and oxygen atoms in total. The molecule has 106 valence electrons. The smallest absolute Gasteiger partial charge is 0.339 e. The highest BCUT2D eigenvalue weighted by molar-refractivity contribution is 5.90. The highest BCUT2D eigenvalue weighted by atomic mass is 19.1. The molecule has 2 rings (SSSR count). The summed E-state index contributed by atoms with van der Waals surface area (Å²) in [4.78, 5) is 11.0. The van der Waals surface area contributed by atoms with Gasteiger partial charge < -0.3 is 9.84 Å². The molecule has 0 bridgehead atoms. The second-order valence-corrected chi connectivity index (χ2v) is 4.15. The largest absolute Gasteiger partial charge is 0.488 e. The van der Waals surface area contributed by atoms with Gasteiger partial charge in [0.2, 0.25) is 0 Å². The van der Waals surface area contributed by atoms with Gasteiger partial charge in [0.1, 0.15) is 29.6 Å². The van der Waals surface area contributed by atoms with Crippen molar-refractivity contribution in [2.75, 3.05) is 0 Å². The summed E-state index contributed by atoms with van der Waals surface area (Å²) in [5, 5.41) is 17.9. The van der Waals surface area contributed by atoms with Crippen LogP contribution in [0.4, 0.5) is 8.78 Å². The normalized spacial score (nSPS) is 9.95. The first kappa shape index (κ1) is 14.5. The standard InChI is InChI=1S/C15H9F2NO3/c16-11-2-1-9(10(5-11)7-18)8-21-14-6-12(17)3-4-13(14)15(19)20/h1-6H,8H2,(H,19,20). The van der Waals surface area contributed by atoms with Crippen LogP contribution in [-0.4, -0.2) is 11.1 Å². The second kappa shape index (κ2) is 6.01. The Labute approximate surface area is 118 Å². The molecule has 21 heavy (non-hydrogen) atoms. The molecule has 0 aliphatic carbocycles. The SMILES string of the molecule is N#Cc1cc(F)ccc1COc1cc(F)ccc1C(=O)O. The molecule has 0 aliphatic heterocycles. The van der Waals surface area contributed by atoms with E-state index in [9.17, 15) is 13.6 Å². The minimum absolute atomic E-state index is 0.0725. The molecule has 0 heterocycles. The van der Waals surface area contributed by atoms with Gasteiger partial charge >= 0.3 is 5.97 Å². The third kappa shape index (κ3) is 3.34. The van der Waals surface area contributed by atoms with Crippen molar-refractivity contribution in [3.8, 4) is 11.8 Å². The maximum atomic E-state index is 13.2. The van der Waals surface area contributed by atoms with Crippen LogP contribution in [0.15, 0.2) is 36.4 Å². The summed E-state index contributed by atoms with van der Waals surface area (Å²) < 4.78 is 31.4. The first-order chi connectivity index (χ1) is 10.0. The Morgan fingerprint density at radius 1 is 1.19 bits per heavy atom. The molecule has 0 aromatic heterocycles. The Kier molecular flexibility index (Phi) is 4.14. The van der Waals surface area contributed by atoms with E-state index >= 15 is 0 Å². The number of hydrogen-bond acceptors (Lipinski definition) is 3. The van der Waals surface area contributed by atoms with Gasteiger partial charge in [0.25, 0.3) is 0 Å². The molecule has 0 saturated heterocycles. The molecule has 2 aromatic carbocycles. The fourth-order valence-electron chi connectivity index (χ4n) is 1.73. The molecular formula is C15H9F2NO3. The maximum absolute atomic E-state index is 13.2. The predicted octanol–water partition coefficient (Wildman–Crippen LogP) is 3.11. The van der Waals surface area contributed by atoms with Crippen LogP contribution in [0.2, 0.25) is 0 Å². The second-order valence-electron chi connectivity index (χ2n) is 4.15. The third-order valence-electron chi connectivity index (χ3n) is 2.75. The first-order valence-corrected chi connectivity index (χ1v) is 5.85. The van der Waals surface area contributed by atoms with Crippen LogP contribution in [0.25, 0.3) is 0 Å². The number of halogens is 2. The van der Waals surface area contributed by atoms with Gasteiger partial charge in [0, 0.05) is 11.6 Å². The Balaban J connectivity index is 2.27. The number of carboxylic acid groups (broad SMARTS) is 1. The molecule has 0 aliphatic rings. The van der Waals surface area contributed by atoms with Gasteiger partial charge in [-0.2, -0.15) is 5.26 Å². The number of carbonyl (C=O) groups is 1. The van der Waals surface area contributed by atoms with Gasteiger partial charge in [0.05, 0.1) is 11.6 Å². The number of benzene rings is 2. The van der Waals surface area contributed by atoms with Crippen LogP contribution in [0, 0.1) is 23.0 Å². The van der Waals surface area contributed by atoms with Crippen molar-refractivity contribution in [1.29, 1.82) is 5.26 Å². The molecule has 0 fully saturated rings. The molecular weight excluding hydrogens is 280 g/mol. The van der Waals surface area contributed by atoms with Crippen LogP contribution in [0.1, 0.15) is 21.5 Å². The van der Waals surface area contributed by atoms with Crippen molar-refractivity contribution in [1.82, 2.24) is 0 Å². The molecule has 0 unspecified atom stereocenters. The summed E-state index contributed by atoms with van der Waals surface area (Å²) in [7, 11) is 0. The molecule has 0 atom stereocenters. The molecule has 0 radical (unpaired) electrons. The van der Waals surface area contributed by atoms with E-state index in [-0.39, 0.29) is 23.5 Å². The van der Waals surface area contributed by atoms with E-state index in [1.807, 2.05) is 6.07 Å². The van der Waals surface area contributed by atoms with Gasteiger partial charge in [0.15, 0.2) is 0 Å². The lowest BCUT2D eigenvalue weighted by molar-refractivity contribution is 0.0691. The van der Waals surface area contributed by atoms with E-state index in [4.69, 9.17) is 15.1 Å². The Morgan fingerprint density at radius 3 is 2.52 bits per heavy atom. The zero-order valence-electron chi connectivity index (χ0n) is 10.6. The summed E-state index contributed by atoms with van der Waals surface area (Å²) in [6.45, 7) is -0.174. The highest BCUT2D eigenvalue weighted by Crippen LogP contribution is 2.22. The number of carboxylic acids is 1. The van der Waals surface area contributed by atoms with E-state index in [1.54, 1.807) is 0 Å². The fraction of sp³-hybridized carbons (Fsp3) is 0.0667. The minimum Gasteiger partial charge on any atom is -0.488 e. The topological polar surface area (TPSA) is 70.3 Å². The van der Waals surface area contributed by atoms with Crippen molar-refractivity contribution in [3.05, 3.63) is 64.7 Å². The highest BCUT2D eigenvalue weighted by Gasteiger charge is 2.13. The van der Waals surface area contributed by atoms with Gasteiger partial charge in [-0.25, -0.2) is 13.6 Å². The van der Waals surface area contributed by atoms with Gasteiger partial charge in [-0.3, -0.25) is 0 Å². The van der Waals surface area contributed by atoms with Gasteiger partial charge in [-0.1, -0.05) is 6.07 Å². The van der Waals surface area contributed by atoms with Crippen LogP contribution < -0.4 is 4.74 Å². The van der Waals surface area contributed by atoms with E-state index < -0.39 is 17.6 Å². The summed E-state index contributed by atoms with van der Waals surface area (Å²) in [5.74, 6) is -2.62. The van der Waals surface area contributed by atoms with E-state index in [0.29, 0.717) is 5.56 Å². The number of hydrogen-bond donors (Lipinski definition) is 1. The van der Waals surface area contributed by atoms with Crippen LogP contribution in [-0.2, 0) is 6.61 Å². The predicted molar refractivity (Wildman–Crippen MR) is 68.8 cm³/mol. The zero-order chi connectivity index (χ0) is 15.4. The van der Waals surface area contributed by atoms with Gasteiger partial charge in [-0.05, 0) is 24.3 Å². The fourth-order valence-corrected chi connectivity index (χ4v) is 1.73. The Morgan fingerprint density at radius 2 is 1.86 bits per heavy atom. The molecule has 0 amide bonds. The minimum atomic E-state index is -1.26. The van der Waals surface area contributed by atoms with E-state index in [1.165, 1.54) is 6.07 Å². The van der Waals surface area contributed by atoms with Crippen molar-refractivity contribution in [2.45, 2.75) is 6.61 Å². The first-order valence-electron chi connectivity index (χ1n) is 5.85. The Hall–Kier alpha value is -2.94. The van der Waals surface area contributed by atoms with E-state index in [0.717, 1.165) is 30.3 Å². The number of nitrogens with zero attached hydrogens (tertiary/aromatic N) is 1. The summed E-state index contributed by atoms with van der Waals surface area (Å²) in [5.41, 5.74) is 0.250. The van der Waals surface area contributed by atoms with Crippen molar-refractivity contribution < 1.29 is 23.4 Å². The lowest BCUT2D eigenvalue weighted by Crippen LogP contribution is -2.05. The number of rotatable bonds is 4. The maximum Gasteiger partial charge on any atom is 0.339 e. The number of ether oxygens (including phenoxy) is 1. The lowest BCUT2D eigenvalue weighted by atomic mass is 10.1. The third-order valence-corrected chi connectivity index (χ3v) is 2.75. The van der Waals surface area contributed by atoms with Crippen molar-refractivity contribution >= 4 is 5.97 Å². The summed E-state index contributed by atoms with van der Waals surface area (Å²) >= 11 is 0. The monoisotopic (exact) mass is 289 g/mol. The molecule has 0 saturated carbocycles. The number of nitriles is 1.